The molecule has 0 N–H and O–H groups in total. The first-order valence-electron chi connectivity index (χ1n) is 4.36. The summed E-state index contributed by atoms with van der Waals surface area (Å²) in [7, 11) is 1.69. The Labute approximate surface area is 80.4 Å². The van der Waals surface area contributed by atoms with Gasteiger partial charge in [-0.15, -0.1) is 6.58 Å². The van der Waals surface area contributed by atoms with Crippen LogP contribution in [0.25, 0.3) is 0 Å². The third-order valence-electron chi connectivity index (χ3n) is 1.63. The highest BCUT2D eigenvalue weighted by Gasteiger charge is 2.21. The van der Waals surface area contributed by atoms with Crippen LogP contribution in [0.3, 0.4) is 0 Å². The van der Waals surface area contributed by atoms with Crippen LogP contribution in [-0.4, -0.2) is 29.7 Å². The molecule has 0 aliphatic carbocycles. The summed E-state index contributed by atoms with van der Waals surface area (Å²) in [6.45, 7) is 11.0. The third kappa shape index (κ3) is 4.55. The zero-order valence-electron chi connectivity index (χ0n) is 9.13. The number of ether oxygens (including phenoxy) is 1. The van der Waals surface area contributed by atoms with Crippen molar-refractivity contribution in [1.82, 2.24) is 4.90 Å². The summed E-state index contributed by atoms with van der Waals surface area (Å²) < 4.78 is 5.16. The van der Waals surface area contributed by atoms with Crippen LogP contribution < -0.4 is 0 Å². The van der Waals surface area contributed by atoms with E-state index in [1.165, 1.54) is 4.90 Å². The number of carbonyl (C=O) groups is 1. The Morgan fingerprint density at radius 3 is 2.31 bits per heavy atom. The molecule has 0 unspecified atom stereocenters. The number of rotatable bonds is 2. The number of hydrogen-bond acceptors (Lipinski definition) is 2. The molecule has 0 radical (unpaired) electrons. The van der Waals surface area contributed by atoms with Crippen LogP contribution in [0.4, 0.5) is 4.79 Å². The smallest absolute Gasteiger partial charge is 0.410 e. The van der Waals surface area contributed by atoms with Crippen molar-refractivity contribution in [3.05, 3.63) is 12.7 Å². The Balaban J connectivity index is 4.19. The van der Waals surface area contributed by atoms with Crippen molar-refractivity contribution in [2.75, 3.05) is 7.05 Å². The molecule has 1 amide bonds. The average molecular weight is 185 g/mol. The van der Waals surface area contributed by atoms with Gasteiger partial charge in [-0.05, 0) is 27.7 Å². The van der Waals surface area contributed by atoms with Crippen LogP contribution in [0, 0.1) is 0 Å². The zero-order valence-corrected chi connectivity index (χ0v) is 9.13. The molecule has 0 fully saturated rings. The van der Waals surface area contributed by atoms with Gasteiger partial charge in [-0.25, -0.2) is 4.79 Å². The van der Waals surface area contributed by atoms with Gasteiger partial charge >= 0.3 is 6.09 Å². The standard InChI is InChI=1S/C10H19NO2/c1-7-8(2)11(6)9(12)13-10(3,4)5/h7-8H,1H2,2-6H3/t8-/m1/s1. The lowest BCUT2D eigenvalue weighted by Gasteiger charge is -2.27. The molecule has 0 aliphatic rings. The Kier molecular flexibility index (Phi) is 3.98. The highest BCUT2D eigenvalue weighted by Crippen LogP contribution is 2.10. The molecule has 0 rings (SSSR count). The van der Waals surface area contributed by atoms with Gasteiger partial charge in [0.1, 0.15) is 5.60 Å². The van der Waals surface area contributed by atoms with E-state index in [0.717, 1.165) is 0 Å². The van der Waals surface area contributed by atoms with Crippen molar-refractivity contribution < 1.29 is 9.53 Å². The summed E-state index contributed by atoms with van der Waals surface area (Å²) in [4.78, 5) is 12.9. The van der Waals surface area contributed by atoms with Crippen LogP contribution in [0.1, 0.15) is 27.7 Å². The van der Waals surface area contributed by atoms with Gasteiger partial charge in [0.15, 0.2) is 0 Å². The van der Waals surface area contributed by atoms with Crippen molar-refractivity contribution in [1.29, 1.82) is 0 Å². The first-order valence-corrected chi connectivity index (χ1v) is 4.36. The summed E-state index contributed by atoms with van der Waals surface area (Å²) >= 11 is 0. The van der Waals surface area contributed by atoms with Gasteiger partial charge in [0.25, 0.3) is 0 Å². The number of nitrogens with zero attached hydrogens (tertiary/aromatic N) is 1. The molecule has 0 spiro atoms. The molecule has 76 valence electrons. The van der Waals surface area contributed by atoms with Crippen LogP contribution in [0.15, 0.2) is 12.7 Å². The molecule has 1 atom stereocenters. The summed E-state index contributed by atoms with van der Waals surface area (Å²) in [6.07, 6.45) is 1.38. The summed E-state index contributed by atoms with van der Waals surface area (Å²) in [5, 5.41) is 0. The maximum atomic E-state index is 11.4. The van der Waals surface area contributed by atoms with E-state index in [9.17, 15) is 4.79 Å². The fourth-order valence-electron chi connectivity index (χ4n) is 0.658. The quantitative estimate of drug-likeness (QED) is 0.618. The van der Waals surface area contributed by atoms with E-state index < -0.39 is 5.60 Å². The summed E-state index contributed by atoms with van der Waals surface area (Å²) in [6, 6.07) is -0.00477. The molecular formula is C10H19NO2. The second-order valence-corrected chi connectivity index (χ2v) is 4.07. The van der Waals surface area contributed by atoms with E-state index in [-0.39, 0.29) is 12.1 Å². The zero-order chi connectivity index (χ0) is 10.6. The molecule has 0 aliphatic heterocycles. The summed E-state index contributed by atoms with van der Waals surface area (Å²) in [5.74, 6) is 0. The maximum absolute atomic E-state index is 11.4. The molecule has 0 aromatic rings. The Hall–Kier alpha value is -0.990. The predicted octanol–water partition coefficient (Wildman–Crippen LogP) is 2.43. The molecule has 3 heteroatoms. The lowest BCUT2D eigenvalue weighted by molar-refractivity contribution is 0.0267. The SMILES string of the molecule is C=C[C@@H](C)N(C)C(=O)OC(C)(C)C. The minimum absolute atomic E-state index is 0.00477. The van der Waals surface area contributed by atoms with Crippen LogP contribution in [0.2, 0.25) is 0 Å². The first-order chi connectivity index (χ1) is 5.78. The number of likely N-dealkylation sites (N-methyl/N-ethyl adjacent to an activating group) is 1. The van der Waals surface area contributed by atoms with Crippen molar-refractivity contribution in [3.8, 4) is 0 Å². The Morgan fingerprint density at radius 2 is 2.00 bits per heavy atom. The van der Waals surface area contributed by atoms with E-state index in [2.05, 4.69) is 6.58 Å². The molecule has 3 nitrogen and oxygen atoms in total. The van der Waals surface area contributed by atoms with E-state index >= 15 is 0 Å². The third-order valence-corrected chi connectivity index (χ3v) is 1.63. The van der Waals surface area contributed by atoms with Crippen molar-refractivity contribution in [2.45, 2.75) is 39.3 Å². The van der Waals surface area contributed by atoms with Gasteiger partial charge in [-0.3, -0.25) is 0 Å². The number of carbonyl (C=O) groups excluding carboxylic acids is 1. The van der Waals surface area contributed by atoms with Gasteiger partial charge in [0, 0.05) is 13.1 Å². The predicted molar refractivity (Wildman–Crippen MR) is 53.7 cm³/mol. The van der Waals surface area contributed by atoms with Gasteiger partial charge in [-0.2, -0.15) is 0 Å². The van der Waals surface area contributed by atoms with Gasteiger partial charge in [-0.1, -0.05) is 6.08 Å². The number of amides is 1. The number of hydrogen-bond donors (Lipinski definition) is 0. The average Bonchev–Trinajstić information content (AvgIpc) is 1.98. The second-order valence-electron chi connectivity index (χ2n) is 4.07. The molecule has 13 heavy (non-hydrogen) atoms. The van der Waals surface area contributed by atoms with Gasteiger partial charge in [0.2, 0.25) is 0 Å². The largest absolute Gasteiger partial charge is 0.444 e. The summed E-state index contributed by atoms with van der Waals surface area (Å²) in [5.41, 5.74) is -0.438. The molecule has 0 aromatic carbocycles. The normalized spacial score (nSPS) is 13.3. The molecule has 0 bridgehead atoms. The van der Waals surface area contributed by atoms with Crippen LogP contribution in [-0.2, 0) is 4.74 Å². The van der Waals surface area contributed by atoms with Gasteiger partial charge < -0.3 is 9.64 Å². The van der Waals surface area contributed by atoms with Crippen molar-refractivity contribution >= 4 is 6.09 Å². The van der Waals surface area contributed by atoms with Crippen LogP contribution >= 0.6 is 0 Å². The lowest BCUT2D eigenvalue weighted by atomic mass is 10.2. The van der Waals surface area contributed by atoms with Crippen LogP contribution in [0.5, 0.6) is 0 Å². The van der Waals surface area contributed by atoms with Crippen molar-refractivity contribution in [2.24, 2.45) is 0 Å². The minimum Gasteiger partial charge on any atom is -0.444 e. The van der Waals surface area contributed by atoms with Gasteiger partial charge in [0.05, 0.1) is 0 Å². The van der Waals surface area contributed by atoms with E-state index in [4.69, 9.17) is 4.74 Å². The monoisotopic (exact) mass is 185 g/mol. The highest BCUT2D eigenvalue weighted by atomic mass is 16.6. The second kappa shape index (κ2) is 4.30. The minimum atomic E-state index is -0.438. The fraction of sp³-hybridized carbons (Fsp3) is 0.700. The molecule has 0 saturated heterocycles. The molecule has 0 saturated carbocycles. The fourth-order valence-corrected chi connectivity index (χ4v) is 0.658. The topological polar surface area (TPSA) is 29.5 Å². The first kappa shape index (κ1) is 12.0. The molecule has 0 aromatic heterocycles. The Bertz CT molecular complexity index is 194. The maximum Gasteiger partial charge on any atom is 0.410 e. The van der Waals surface area contributed by atoms with Crippen molar-refractivity contribution in [3.63, 3.8) is 0 Å². The van der Waals surface area contributed by atoms with E-state index in [0.29, 0.717) is 0 Å². The lowest BCUT2D eigenvalue weighted by Crippen LogP contribution is -2.38. The molecular weight excluding hydrogens is 166 g/mol. The molecule has 0 heterocycles. The van der Waals surface area contributed by atoms with E-state index in [1.54, 1.807) is 13.1 Å². The van der Waals surface area contributed by atoms with E-state index in [1.807, 2.05) is 27.7 Å². The Morgan fingerprint density at radius 1 is 1.54 bits per heavy atom. The highest BCUT2D eigenvalue weighted by molar-refractivity contribution is 5.68.